The lowest BCUT2D eigenvalue weighted by atomic mass is 10.1. The molecule has 6 heteroatoms. The van der Waals surface area contributed by atoms with Gasteiger partial charge in [-0.25, -0.2) is 0 Å². The third-order valence-corrected chi connectivity index (χ3v) is 3.13. The molecule has 0 aliphatic carbocycles. The number of nitrogens with two attached hydrogens (primary N) is 1. The topological polar surface area (TPSA) is 38.5 Å². The van der Waals surface area contributed by atoms with E-state index in [-0.39, 0.29) is 17.9 Å². The van der Waals surface area contributed by atoms with Crippen molar-refractivity contribution < 1.29 is 17.9 Å². The monoisotopic (exact) mass is 274 g/mol. The van der Waals surface area contributed by atoms with Crippen LogP contribution in [0.15, 0.2) is 18.2 Å². The first-order valence-electron chi connectivity index (χ1n) is 6.14. The van der Waals surface area contributed by atoms with E-state index in [2.05, 4.69) is 0 Å². The largest absolute Gasteiger partial charge is 0.418 e. The fourth-order valence-corrected chi connectivity index (χ4v) is 2.38. The zero-order valence-corrected chi connectivity index (χ0v) is 10.9. The van der Waals surface area contributed by atoms with Crippen molar-refractivity contribution in [1.82, 2.24) is 0 Å². The van der Waals surface area contributed by atoms with Crippen LogP contribution in [0.4, 0.5) is 24.5 Å². The van der Waals surface area contributed by atoms with Crippen molar-refractivity contribution >= 4 is 11.4 Å². The molecule has 1 aromatic rings. The zero-order chi connectivity index (χ0) is 14.2. The van der Waals surface area contributed by atoms with Crippen LogP contribution in [-0.4, -0.2) is 25.3 Å². The first-order chi connectivity index (χ1) is 8.77. The van der Waals surface area contributed by atoms with E-state index in [0.29, 0.717) is 18.8 Å². The minimum Gasteiger partial charge on any atom is -0.398 e. The van der Waals surface area contributed by atoms with E-state index in [9.17, 15) is 13.2 Å². The quantitative estimate of drug-likeness (QED) is 0.800. The fourth-order valence-electron chi connectivity index (χ4n) is 2.38. The molecule has 1 aliphatic rings. The highest BCUT2D eigenvalue weighted by Gasteiger charge is 2.34. The highest BCUT2D eigenvalue weighted by Crippen LogP contribution is 2.36. The van der Waals surface area contributed by atoms with E-state index < -0.39 is 11.7 Å². The molecule has 0 radical (unpaired) electrons. The Hall–Kier alpha value is -1.43. The summed E-state index contributed by atoms with van der Waals surface area (Å²) in [7, 11) is 0. The zero-order valence-electron chi connectivity index (χ0n) is 10.9. The number of rotatable bonds is 1. The molecule has 106 valence electrons. The van der Waals surface area contributed by atoms with Gasteiger partial charge in [-0.05, 0) is 32.0 Å². The summed E-state index contributed by atoms with van der Waals surface area (Å²) < 4.78 is 44.0. The fraction of sp³-hybridized carbons (Fsp3) is 0.538. The van der Waals surface area contributed by atoms with Gasteiger partial charge in [-0.15, -0.1) is 0 Å². The second-order valence-corrected chi connectivity index (χ2v) is 4.93. The van der Waals surface area contributed by atoms with Crippen molar-refractivity contribution in [3.05, 3.63) is 23.8 Å². The number of halogens is 3. The van der Waals surface area contributed by atoms with Crippen molar-refractivity contribution in [2.75, 3.05) is 23.7 Å². The first-order valence-corrected chi connectivity index (χ1v) is 6.14. The molecule has 0 bridgehead atoms. The van der Waals surface area contributed by atoms with Crippen LogP contribution in [0.3, 0.4) is 0 Å². The van der Waals surface area contributed by atoms with E-state index >= 15 is 0 Å². The lowest BCUT2D eigenvalue weighted by molar-refractivity contribution is -0.136. The van der Waals surface area contributed by atoms with Crippen molar-refractivity contribution in [1.29, 1.82) is 0 Å². The Morgan fingerprint density at radius 2 is 1.79 bits per heavy atom. The van der Waals surface area contributed by atoms with Gasteiger partial charge >= 0.3 is 6.18 Å². The van der Waals surface area contributed by atoms with Crippen molar-refractivity contribution in [3.63, 3.8) is 0 Å². The van der Waals surface area contributed by atoms with E-state index in [0.717, 1.165) is 6.07 Å². The third-order valence-electron chi connectivity index (χ3n) is 3.13. The maximum Gasteiger partial charge on any atom is 0.418 e. The van der Waals surface area contributed by atoms with E-state index in [1.807, 2.05) is 18.7 Å². The standard InChI is InChI=1S/C13H17F3N2O/c1-8-6-18(7-9(2)19-8)10-3-4-12(17)11(5-10)13(14,15)16/h3-5,8-9H,6-7,17H2,1-2H3. The smallest absolute Gasteiger partial charge is 0.398 e. The number of benzene rings is 1. The maximum atomic E-state index is 12.8. The number of ether oxygens (including phenoxy) is 1. The van der Waals surface area contributed by atoms with Crippen LogP contribution in [-0.2, 0) is 10.9 Å². The van der Waals surface area contributed by atoms with Gasteiger partial charge in [0.05, 0.1) is 17.8 Å². The molecule has 1 fully saturated rings. The van der Waals surface area contributed by atoms with Gasteiger partial charge in [0.2, 0.25) is 0 Å². The van der Waals surface area contributed by atoms with Crippen LogP contribution in [0, 0.1) is 0 Å². The molecule has 3 nitrogen and oxygen atoms in total. The van der Waals surface area contributed by atoms with Gasteiger partial charge < -0.3 is 15.4 Å². The van der Waals surface area contributed by atoms with Gasteiger partial charge in [-0.3, -0.25) is 0 Å². The summed E-state index contributed by atoms with van der Waals surface area (Å²) in [4.78, 5) is 1.90. The van der Waals surface area contributed by atoms with Crippen LogP contribution in [0.5, 0.6) is 0 Å². The first kappa shape index (κ1) is 14.0. The number of anilines is 2. The van der Waals surface area contributed by atoms with E-state index in [1.54, 1.807) is 6.07 Å². The number of nitrogen functional groups attached to an aromatic ring is 1. The summed E-state index contributed by atoms with van der Waals surface area (Å²) in [6, 6.07) is 4.04. The molecule has 2 atom stereocenters. The highest BCUT2D eigenvalue weighted by atomic mass is 19.4. The molecule has 2 N–H and O–H groups in total. The minimum absolute atomic E-state index is 0.00404. The summed E-state index contributed by atoms with van der Waals surface area (Å²) in [6.07, 6.45) is -4.44. The van der Waals surface area contributed by atoms with Crippen LogP contribution in [0.1, 0.15) is 19.4 Å². The Morgan fingerprint density at radius 1 is 1.21 bits per heavy atom. The van der Waals surface area contributed by atoms with Crippen molar-refractivity contribution in [3.8, 4) is 0 Å². The molecule has 2 rings (SSSR count). The molecule has 2 unspecified atom stereocenters. The summed E-state index contributed by atoms with van der Waals surface area (Å²) in [5.41, 5.74) is 4.90. The Balaban J connectivity index is 2.30. The maximum absolute atomic E-state index is 12.8. The van der Waals surface area contributed by atoms with Crippen LogP contribution < -0.4 is 10.6 Å². The normalized spacial score (nSPS) is 24.6. The summed E-state index contributed by atoms with van der Waals surface area (Å²) in [5.74, 6) is 0. The van der Waals surface area contributed by atoms with Crippen molar-refractivity contribution in [2.24, 2.45) is 0 Å². The molecule has 1 aromatic carbocycles. The number of alkyl halides is 3. The highest BCUT2D eigenvalue weighted by molar-refractivity contribution is 5.59. The van der Waals surface area contributed by atoms with Gasteiger partial charge in [0, 0.05) is 24.5 Å². The summed E-state index contributed by atoms with van der Waals surface area (Å²) in [5, 5.41) is 0. The molecule has 0 saturated carbocycles. The van der Waals surface area contributed by atoms with Gasteiger partial charge in [-0.2, -0.15) is 13.2 Å². The summed E-state index contributed by atoms with van der Waals surface area (Å²) >= 11 is 0. The summed E-state index contributed by atoms with van der Waals surface area (Å²) in [6.45, 7) is 4.96. The van der Waals surface area contributed by atoms with Crippen LogP contribution in [0.2, 0.25) is 0 Å². The third kappa shape index (κ3) is 3.12. The SMILES string of the molecule is CC1CN(c2ccc(N)c(C(F)(F)F)c2)CC(C)O1. The molecule has 1 saturated heterocycles. The Kier molecular flexibility index (Phi) is 3.62. The Bertz CT molecular complexity index is 452. The number of hydrogen-bond acceptors (Lipinski definition) is 3. The molecule has 0 amide bonds. The van der Waals surface area contributed by atoms with E-state index in [1.165, 1.54) is 6.07 Å². The van der Waals surface area contributed by atoms with Gasteiger partial charge in [-0.1, -0.05) is 0 Å². The molecule has 1 aliphatic heterocycles. The molecular formula is C13H17F3N2O. The number of hydrogen-bond donors (Lipinski definition) is 1. The molecule has 1 heterocycles. The van der Waals surface area contributed by atoms with Crippen LogP contribution in [0.25, 0.3) is 0 Å². The number of morpholine rings is 1. The van der Waals surface area contributed by atoms with Gasteiger partial charge in [0.25, 0.3) is 0 Å². The lowest BCUT2D eigenvalue weighted by Gasteiger charge is -2.37. The molecular weight excluding hydrogens is 257 g/mol. The van der Waals surface area contributed by atoms with Crippen LogP contribution >= 0.6 is 0 Å². The second-order valence-electron chi connectivity index (χ2n) is 4.93. The van der Waals surface area contributed by atoms with Gasteiger partial charge in [0.1, 0.15) is 0 Å². The van der Waals surface area contributed by atoms with E-state index in [4.69, 9.17) is 10.5 Å². The van der Waals surface area contributed by atoms with Crippen molar-refractivity contribution in [2.45, 2.75) is 32.2 Å². The van der Waals surface area contributed by atoms with Gasteiger partial charge in [0.15, 0.2) is 0 Å². The predicted octanol–water partition coefficient (Wildman–Crippen LogP) is 2.90. The Labute approximate surface area is 110 Å². The predicted molar refractivity (Wildman–Crippen MR) is 68.1 cm³/mol. The molecule has 0 aromatic heterocycles. The lowest BCUT2D eigenvalue weighted by Crippen LogP contribution is -2.45. The number of nitrogens with zero attached hydrogens (tertiary/aromatic N) is 1. The molecule has 19 heavy (non-hydrogen) atoms. The molecule has 0 spiro atoms. The minimum atomic E-state index is -4.43. The Morgan fingerprint density at radius 3 is 2.32 bits per heavy atom. The average Bonchev–Trinajstić information content (AvgIpc) is 2.26. The average molecular weight is 274 g/mol. The second kappa shape index (κ2) is 4.92.